The summed E-state index contributed by atoms with van der Waals surface area (Å²) >= 11 is 0. The summed E-state index contributed by atoms with van der Waals surface area (Å²) in [7, 11) is 0. The number of allylic oxidation sites excluding steroid dienone is 4. The molecule has 0 aromatic heterocycles. The summed E-state index contributed by atoms with van der Waals surface area (Å²) < 4.78 is 0. The highest BCUT2D eigenvalue weighted by molar-refractivity contribution is 5.74. The van der Waals surface area contributed by atoms with E-state index in [4.69, 9.17) is 0 Å². The molecule has 1 unspecified atom stereocenters. The standard InChI is InChI=1S/C57H71N/c1-11-14-38-56(7,8)45(6)22-35-53(13-3)58(55-21-17-19-44(5)41-55)54-36-31-49(32-37-54)48-26-23-46(24-27-48)25-28-51(42-47-20-16-18-43(4)40-47)50-29-33-52(34-30-50)57(9,10)39-15-12-2/h13,16-24,26-27,29-37,40-41,51H,6,11-12,14-15,25,28,38-39,42H2,1-5,7-10H3. The molecule has 0 aliphatic heterocycles. The van der Waals surface area contributed by atoms with Crippen molar-refractivity contribution in [2.75, 3.05) is 4.90 Å². The highest BCUT2D eigenvalue weighted by Gasteiger charge is 2.22. The Morgan fingerprint density at radius 1 is 0.655 bits per heavy atom. The Morgan fingerprint density at radius 3 is 1.86 bits per heavy atom. The first-order chi connectivity index (χ1) is 27.8. The maximum absolute atomic E-state index is 4.49. The Balaban J connectivity index is 1.33. The molecule has 0 aliphatic rings. The Hall–Kier alpha value is -4.88. The second-order valence-corrected chi connectivity index (χ2v) is 18.0. The van der Waals surface area contributed by atoms with E-state index in [0.29, 0.717) is 5.92 Å². The summed E-state index contributed by atoms with van der Waals surface area (Å²) in [4.78, 5) is 2.36. The molecular formula is C57H71N. The Kier molecular flexibility index (Phi) is 15.8. The van der Waals surface area contributed by atoms with Gasteiger partial charge in [-0.2, -0.15) is 0 Å². The smallest absolute Gasteiger partial charge is 0.0464 e. The average Bonchev–Trinajstić information content (AvgIpc) is 3.22. The van der Waals surface area contributed by atoms with Gasteiger partial charge in [-0.15, -0.1) is 0 Å². The third-order valence-corrected chi connectivity index (χ3v) is 12.4. The van der Waals surface area contributed by atoms with E-state index in [9.17, 15) is 0 Å². The van der Waals surface area contributed by atoms with Crippen molar-refractivity contribution < 1.29 is 0 Å². The molecule has 5 aromatic rings. The first kappa shape index (κ1) is 44.2. The van der Waals surface area contributed by atoms with Crippen molar-refractivity contribution in [3.63, 3.8) is 0 Å². The third kappa shape index (κ3) is 12.1. The summed E-state index contributed by atoms with van der Waals surface area (Å²) in [6, 6.07) is 45.8. The SMILES string of the molecule is C=C(C=CC(=CC)N(c1ccc(-c2ccc(CCC(Cc3cccc(C)c3)c3ccc(C(C)(C)CCCC)cc3)cc2)cc1)c1cccc(C)c1)C(C)(C)CCCC. The maximum atomic E-state index is 4.49. The molecule has 0 spiro atoms. The predicted octanol–water partition coefficient (Wildman–Crippen LogP) is 16.8. The number of rotatable bonds is 20. The van der Waals surface area contributed by atoms with Crippen LogP contribution in [-0.2, 0) is 18.3 Å². The normalized spacial score (nSPS) is 12.9. The minimum absolute atomic E-state index is 0.0666. The number of aryl methyl sites for hydroxylation is 3. The molecule has 1 nitrogen and oxygen atoms in total. The van der Waals surface area contributed by atoms with Gasteiger partial charge in [-0.1, -0.05) is 189 Å². The molecular weight excluding hydrogens is 699 g/mol. The molecule has 58 heavy (non-hydrogen) atoms. The van der Waals surface area contributed by atoms with Gasteiger partial charge < -0.3 is 4.90 Å². The Labute approximate surface area is 353 Å². The Morgan fingerprint density at radius 2 is 1.26 bits per heavy atom. The lowest BCUT2D eigenvalue weighted by atomic mass is 9.79. The molecule has 0 bridgehead atoms. The van der Waals surface area contributed by atoms with E-state index >= 15 is 0 Å². The number of nitrogens with zero attached hydrogens (tertiary/aromatic N) is 1. The van der Waals surface area contributed by atoms with Crippen molar-refractivity contribution in [1.29, 1.82) is 0 Å². The zero-order valence-corrected chi connectivity index (χ0v) is 37.4. The van der Waals surface area contributed by atoms with Crippen molar-refractivity contribution >= 4 is 11.4 Å². The summed E-state index contributed by atoms with van der Waals surface area (Å²) in [5.41, 5.74) is 15.6. The molecule has 0 saturated heterocycles. The van der Waals surface area contributed by atoms with Gasteiger partial charge in [0.2, 0.25) is 0 Å². The van der Waals surface area contributed by atoms with Gasteiger partial charge in [0.25, 0.3) is 0 Å². The summed E-state index contributed by atoms with van der Waals surface area (Å²) in [6.45, 7) is 24.9. The molecule has 1 heteroatoms. The van der Waals surface area contributed by atoms with Gasteiger partial charge in [0.15, 0.2) is 0 Å². The van der Waals surface area contributed by atoms with E-state index in [2.05, 4.69) is 213 Å². The highest BCUT2D eigenvalue weighted by atomic mass is 15.1. The van der Waals surface area contributed by atoms with E-state index < -0.39 is 0 Å². The lowest BCUT2D eigenvalue weighted by Crippen LogP contribution is -2.17. The van der Waals surface area contributed by atoms with Crippen LogP contribution in [0.4, 0.5) is 11.4 Å². The molecule has 5 aromatic carbocycles. The van der Waals surface area contributed by atoms with Crippen molar-refractivity contribution in [1.82, 2.24) is 0 Å². The van der Waals surface area contributed by atoms with Crippen LogP contribution in [0.1, 0.15) is 133 Å². The fourth-order valence-electron chi connectivity index (χ4n) is 8.19. The second kappa shape index (κ2) is 20.7. The summed E-state index contributed by atoms with van der Waals surface area (Å²) in [5, 5.41) is 0. The number of hydrogen-bond donors (Lipinski definition) is 0. The second-order valence-electron chi connectivity index (χ2n) is 18.0. The van der Waals surface area contributed by atoms with Gasteiger partial charge in [-0.25, -0.2) is 0 Å². The van der Waals surface area contributed by atoms with Crippen LogP contribution < -0.4 is 4.90 Å². The summed E-state index contributed by atoms with van der Waals surface area (Å²) in [5.74, 6) is 0.459. The largest absolute Gasteiger partial charge is 0.311 e. The van der Waals surface area contributed by atoms with Gasteiger partial charge in [0.1, 0.15) is 0 Å². The molecule has 0 radical (unpaired) electrons. The average molecular weight is 770 g/mol. The zero-order valence-electron chi connectivity index (χ0n) is 37.4. The van der Waals surface area contributed by atoms with E-state index in [1.54, 1.807) is 0 Å². The van der Waals surface area contributed by atoms with Gasteiger partial charge in [-0.3, -0.25) is 0 Å². The van der Waals surface area contributed by atoms with Crippen molar-refractivity contribution in [2.24, 2.45) is 5.41 Å². The van der Waals surface area contributed by atoms with E-state index in [1.165, 1.54) is 82.2 Å². The molecule has 0 saturated carbocycles. The lowest BCUT2D eigenvalue weighted by molar-refractivity contribution is 0.401. The van der Waals surface area contributed by atoms with E-state index in [-0.39, 0.29) is 10.8 Å². The zero-order chi connectivity index (χ0) is 41.7. The van der Waals surface area contributed by atoms with Crippen LogP contribution in [0.2, 0.25) is 0 Å². The lowest BCUT2D eigenvalue weighted by Gasteiger charge is -2.28. The van der Waals surface area contributed by atoms with Gasteiger partial charge in [0, 0.05) is 17.1 Å². The van der Waals surface area contributed by atoms with Crippen LogP contribution in [0, 0.1) is 19.3 Å². The topological polar surface area (TPSA) is 3.24 Å². The molecule has 1 atom stereocenters. The van der Waals surface area contributed by atoms with Crippen molar-refractivity contribution in [3.8, 4) is 11.1 Å². The van der Waals surface area contributed by atoms with Crippen LogP contribution in [0.5, 0.6) is 0 Å². The minimum Gasteiger partial charge on any atom is -0.311 e. The monoisotopic (exact) mass is 770 g/mol. The Bertz CT molecular complexity index is 2100. The number of anilines is 2. The van der Waals surface area contributed by atoms with Gasteiger partial charge >= 0.3 is 0 Å². The first-order valence-electron chi connectivity index (χ1n) is 22.1. The highest BCUT2D eigenvalue weighted by Crippen LogP contribution is 2.37. The molecule has 0 fully saturated rings. The van der Waals surface area contributed by atoms with E-state index in [1.807, 2.05) is 0 Å². The fraction of sp³-hybridized carbons (Fsp3) is 0.368. The number of benzene rings is 5. The van der Waals surface area contributed by atoms with Crippen molar-refractivity contribution in [2.45, 2.75) is 131 Å². The molecule has 0 N–H and O–H groups in total. The number of hydrogen-bond acceptors (Lipinski definition) is 1. The van der Waals surface area contributed by atoms with E-state index in [0.717, 1.165) is 42.8 Å². The molecule has 0 heterocycles. The quantitative estimate of drug-likeness (QED) is 0.0713. The predicted molar refractivity (Wildman–Crippen MR) is 255 cm³/mol. The third-order valence-electron chi connectivity index (χ3n) is 12.4. The van der Waals surface area contributed by atoms with Gasteiger partial charge in [-0.05, 0) is 144 Å². The maximum Gasteiger partial charge on any atom is 0.0464 e. The number of unbranched alkanes of at least 4 members (excludes halogenated alkanes) is 2. The van der Waals surface area contributed by atoms with Crippen LogP contribution in [0.15, 0.2) is 157 Å². The summed E-state index contributed by atoms with van der Waals surface area (Å²) in [6.07, 6.45) is 17.2. The fourth-order valence-corrected chi connectivity index (χ4v) is 8.19. The molecule has 0 amide bonds. The molecule has 0 aliphatic carbocycles. The van der Waals surface area contributed by atoms with Gasteiger partial charge in [0.05, 0.1) is 0 Å². The molecule has 5 rings (SSSR count). The van der Waals surface area contributed by atoms with Crippen LogP contribution >= 0.6 is 0 Å². The molecule has 304 valence electrons. The van der Waals surface area contributed by atoms with Crippen molar-refractivity contribution in [3.05, 3.63) is 191 Å². The van der Waals surface area contributed by atoms with Crippen LogP contribution in [0.25, 0.3) is 11.1 Å². The van der Waals surface area contributed by atoms with Crippen LogP contribution in [0.3, 0.4) is 0 Å². The first-order valence-corrected chi connectivity index (χ1v) is 22.1. The van der Waals surface area contributed by atoms with Crippen LogP contribution in [-0.4, -0.2) is 0 Å². The minimum atomic E-state index is 0.0666.